The van der Waals surface area contributed by atoms with E-state index >= 15 is 0 Å². The van der Waals surface area contributed by atoms with Crippen LogP contribution in [0.3, 0.4) is 0 Å². The minimum absolute atomic E-state index is 0.521. The molecule has 2 rings (SSSR count). The Morgan fingerprint density at radius 1 is 1.40 bits per heavy atom. The summed E-state index contributed by atoms with van der Waals surface area (Å²) in [4.78, 5) is 7.18. The first-order valence-corrected chi connectivity index (χ1v) is 8.91. The van der Waals surface area contributed by atoms with Gasteiger partial charge in [0.15, 0.2) is 0 Å². The van der Waals surface area contributed by atoms with Crippen LogP contribution in [-0.2, 0) is 5.88 Å². The molecule has 4 heteroatoms. The van der Waals surface area contributed by atoms with Gasteiger partial charge in [0.25, 0.3) is 0 Å². The van der Waals surface area contributed by atoms with Crippen molar-refractivity contribution in [2.45, 2.75) is 57.9 Å². The van der Waals surface area contributed by atoms with E-state index in [0.717, 1.165) is 22.4 Å². The van der Waals surface area contributed by atoms with Crippen LogP contribution in [0.4, 0.5) is 5.82 Å². The molecule has 0 amide bonds. The number of hydrogen-bond donors (Lipinski definition) is 0. The van der Waals surface area contributed by atoms with Gasteiger partial charge in [0.1, 0.15) is 5.82 Å². The normalized spacial score (nSPS) is 16.1. The topological polar surface area (TPSA) is 16.1 Å². The third-order valence-electron chi connectivity index (χ3n) is 4.04. The van der Waals surface area contributed by atoms with Crippen LogP contribution in [0.25, 0.3) is 0 Å². The van der Waals surface area contributed by atoms with Crippen molar-refractivity contribution in [3.8, 4) is 0 Å². The van der Waals surface area contributed by atoms with Crippen molar-refractivity contribution in [2.75, 3.05) is 11.4 Å². The van der Waals surface area contributed by atoms with Gasteiger partial charge in [-0.1, -0.05) is 26.7 Å². The number of halogens is 2. The maximum absolute atomic E-state index is 6.13. The number of rotatable bonds is 6. The molecule has 0 spiro atoms. The van der Waals surface area contributed by atoms with Gasteiger partial charge in [0.05, 0.1) is 5.88 Å². The molecule has 0 radical (unpaired) electrons. The van der Waals surface area contributed by atoms with Crippen molar-refractivity contribution in [1.82, 2.24) is 4.98 Å². The van der Waals surface area contributed by atoms with Crippen LogP contribution < -0.4 is 4.90 Å². The molecular formula is C16H24BrClN2. The highest BCUT2D eigenvalue weighted by Crippen LogP contribution is 2.31. The molecule has 1 aromatic rings. The maximum atomic E-state index is 6.13. The van der Waals surface area contributed by atoms with E-state index in [2.05, 4.69) is 45.7 Å². The molecule has 0 N–H and O–H groups in total. The van der Waals surface area contributed by atoms with Crippen LogP contribution in [-0.4, -0.2) is 17.6 Å². The lowest BCUT2D eigenvalue weighted by Crippen LogP contribution is -2.36. The molecule has 1 aromatic heterocycles. The standard InChI is InChI=1S/C16H24BrClN2/c1-12(2)7-8-20(15-5-3-4-6-15)16-13(10-18)9-14(17)11-19-16/h9,11-12,15H,3-8,10H2,1-2H3. The van der Waals surface area contributed by atoms with Crippen LogP contribution >= 0.6 is 27.5 Å². The second-order valence-corrected chi connectivity index (χ2v) is 7.27. The Balaban J connectivity index is 2.24. The van der Waals surface area contributed by atoms with Gasteiger partial charge >= 0.3 is 0 Å². The van der Waals surface area contributed by atoms with E-state index in [1.807, 2.05) is 6.20 Å². The molecule has 0 bridgehead atoms. The van der Waals surface area contributed by atoms with E-state index in [-0.39, 0.29) is 0 Å². The van der Waals surface area contributed by atoms with Gasteiger partial charge in [0, 0.05) is 28.8 Å². The lowest BCUT2D eigenvalue weighted by molar-refractivity contribution is 0.524. The van der Waals surface area contributed by atoms with E-state index < -0.39 is 0 Å². The van der Waals surface area contributed by atoms with Crippen LogP contribution in [0.1, 0.15) is 51.5 Å². The van der Waals surface area contributed by atoms with Crippen molar-refractivity contribution >= 4 is 33.3 Å². The zero-order valence-electron chi connectivity index (χ0n) is 12.4. The molecule has 1 heterocycles. The zero-order valence-corrected chi connectivity index (χ0v) is 14.8. The second kappa shape index (κ2) is 7.65. The fourth-order valence-electron chi connectivity index (χ4n) is 2.91. The maximum Gasteiger partial charge on any atom is 0.133 e. The summed E-state index contributed by atoms with van der Waals surface area (Å²) in [6.07, 6.45) is 8.36. The molecule has 112 valence electrons. The Hall–Kier alpha value is -0.280. The van der Waals surface area contributed by atoms with Gasteiger partial charge in [-0.05, 0) is 47.2 Å². The highest BCUT2D eigenvalue weighted by Gasteiger charge is 2.25. The smallest absolute Gasteiger partial charge is 0.133 e. The quantitative estimate of drug-likeness (QED) is 0.634. The summed E-state index contributed by atoms with van der Waals surface area (Å²) in [6.45, 7) is 5.65. The summed E-state index contributed by atoms with van der Waals surface area (Å²) in [5, 5.41) is 0. The van der Waals surface area contributed by atoms with Crippen LogP contribution in [0.2, 0.25) is 0 Å². The van der Waals surface area contributed by atoms with E-state index in [1.165, 1.54) is 32.1 Å². The van der Waals surface area contributed by atoms with Gasteiger partial charge in [-0.2, -0.15) is 0 Å². The number of aromatic nitrogens is 1. The molecule has 1 saturated carbocycles. The van der Waals surface area contributed by atoms with E-state index in [4.69, 9.17) is 11.6 Å². The summed E-state index contributed by atoms with van der Waals surface area (Å²) in [7, 11) is 0. The van der Waals surface area contributed by atoms with E-state index in [0.29, 0.717) is 17.8 Å². The Morgan fingerprint density at radius 2 is 2.10 bits per heavy atom. The first kappa shape index (κ1) is 16.1. The average molecular weight is 360 g/mol. The largest absolute Gasteiger partial charge is 0.353 e. The molecule has 0 aromatic carbocycles. The fraction of sp³-hybridized carbons (Fsp3) is 0.688. The molecule has 1 fully saturated rings. The van der Waals surface area contributed by atoms with Gasteiger partial charge in [-0.15, -0.1) is 11.6 Å². The summed E-state index contributed by atoms with van der Waals surface area (Å²) >= 11 is 9.62. The molecule has 0 atom stereocenters. The van der Waals surface area contributed by atoms with Crippen molar-refractivity contribution < 1.29 is 0 Å². The highest BCUT2D eigenvalue weighted by molar-refractivity contribution is 9.10. The molecule has 1 aliphatic rings. The molecule has 0 aliphatic heterocycles. The SMILES string of the molecule is CC(C)CCN(c1ncc(Br)cc1CCl)C1CCCC1. The third-order valence-corrected chi connectivity index (χ3v) is 4.76. The first-order chi connectivity index (χ1) is 9.61. The number of alkyl halides is 1. The zero-order chi connectivity index (χ0) is 14.5. The number of anilines is 1. The van der Waals surface area contributed by atoms with Crippen LogP contribution in [0.5, 0.6) is 0 Å². The first-order valence-electron chi connectivity index (χ1n) is 7.59. The Kier molecular flexibility index (Phi) is 6.16. The number of nitrogens with zero attached hydrogens (tertiary/aromatic N) is 2. The lowest BCUT2D eigenvalue weighted by Gasteiger charge is -2.32. The van der Waals surface area contributed by atoms with Crippen molar-refractivity contribution in [3.05, 3.63) is 22.3 Å². The molecule has 2 nitrogen and oxygen atoms in total. The highest BCUT2D eigenvalue weighted by atomic mass is 79.9. The van der Waals surface area contributed by atoms with Crippen molar-refractivity contribution in [1.29, 1.82) is 0 Å². The Morgan fingerprint density at radius 3 is 2.70 bits per heavy atom. The monoisotopic (exact) mass is 358 g/mol. The third kappa shape index (κ3) is 4.11. The van der Waals surface area contributed by atoms with Gasteiger partial charge in [-0.25, -0.2) is 4.98 Å². The van der Waals surface area contributed by atoms with Crippen LogP contribution in [0.15, 0.2) is 16.7 Å². The summed E-state index contributed by atoms with van der Waals surface area (Å²) in [5.41, 5.74) is 1.14. The lowest BCUT2D eigenvalue weighted by atomic mass is 10.1. The predicted octanol–water partition coefficient (Wildman–Crippen LogP) is 5.38. The molecule has 0 saturated heterocycles. The van der Waals surface area contributed by atoms with E-state index in [9.17, 15) is 0 Å². The molecule has 1 aliphatic carbocycles. The molecule has 0 unspecified atom stereocenters. The van der Waals surface area contributed by atoms with Crippen molar-refractivity contribution in [3.63, 3.8) is 0 Å². The number of hydrogen-bond acceptors (Lipinski definition) is 2. The summed E-state index contributed by atoms with van der Waals surface area (Å²) in [6, 6.07) is 2.75. The number of pyridine rings is 1. The fourth-order valence-corrected chi connectivity index (χ4v) is 3.48. The predicted molar refractivity (Wildman–Crippen MR) is 90.6 cm³/mol. The Bertz CT molecular complexity index is 430. The average Bonchev–Trinajstić information content (AvgIpc) is 2.94. The van der Waals surface area contributed by atoms with Crippen LogP contribution in [0, 0.1) is 5.92 Å². The Labute approximate surface area is 136 Å². The van der Waals surface area contributed by atoms with E-state index in [1.54, 1.807) is 0 Å². The van der Waals surface area contributed by atoms with Gasteiger partial charge < -0.3 is 4.90 Å². The van der Waals surface area contributed by atoms with Gasteiger partial charge in [-0.3, -0.25) is 0 Å². The summed E-state index contributed by atoms with van der Waals surface area (Å²) < 4.78 is 1.01. The summed E-state index contributed by atoms with van der Waals surface area (Å²) in [5.74, 6) is 2.33. The minimum atomic E-state index is 0.521. The minimum Gasteiger partial charge on any atom is -0.353 e. The molecular weight excluding hydrogens is 336 g/mol. The molecule has 20 heavy (non-hydrogen) atoms. The van der Waals surface area contributed by atoms with Crippen molar-refractivity contribution in [2.24, 2.45) is 5.92 Å². The van der Waals surface area contributed by atoms with Gasteiger partial charge in [0.2, 0.25) is 0 Å². The second-order valence-electron chi connectivity index (χ2n) is 6.08.